The van der Waals surface area contributed by atoms with E-state index >= 15 is 0 Å². The number of halogens is 1. The minimum Gasteiger partial charge on any atom is -0.493 e. The summed E-state index contributed by atoms with van der Waals surface area (Å²) in [6, 6.07) is 8.10. The summed E-state index contributed by atoms with van der Waals surface area (Å²) >= 11 is 0. The number of aliphatic imine (C=N–C) groups is 1. The van der Waals surface area contributed by atoms with Crippen molar-refractivity contribution in [1.29, 1.82) is 0 Å². The Morgan fingerprint density at radius 3 is 2.69 bits per heavy atom. The molecule has 29 heavy (non-hydrogen) atoms. The standard InChI is InChI=1S/C22H37N3O3.HI/c1-3-23-22(24-12-6-14-27-18-20-10-16-26-17-11-20)25-13-7-15-28-21-9-5-4-8-19(21)2;/h4-5,8-9,20H,3,6-7,10-18H2,1-2H3,(H2,23,24,25);1H. The zero-order valence-corrected chi connectivity index (χ0v) is 20.3. The van der Waals surface area contributed by atoms with E-state index in [1.807, 2.05) is 18.2 Å². The number of hydrogen-bond acceptors (Lipinski definition) is 4. The average molecular weight is 519 g/mol. The van der Waals surface area contributed by atoms with Crippen molar-refractivity contribution in [3.63, 3.8) is 0 Å². The number of hydrogen-bond donors (Lipinski definition) is 2. The van der Waals surface area contributed by atoms with Crippen LogP contribution in [0.5, 0.6) is 5.75 Å². The Hall–Kier alpha value is -1.06. The summed E-state index contributed by atoms with van der Waals surface area (Å²) in [5, 5.41) is 6.66. The second-order valence-corrected chi connectivity index (χ2v) is 7.14. The summed E-state index contributed by atoms with van der Waals surface area (Å²) in [6.45, 7) is 10.7. The molecule has 6 nitrogen and oxygen atoms in total. The number of nitrogens with zero attached hydrogens (tertiary/aromatic N) is 1. The third-order valence-electron chi connectivity index (χ3n) is 4.72. The van der Waals surface area contributed by atoms with Crippen molar-refractivity contribution >= 4 is 29.9 Å². The lowest BCUT2D eigenvalue weighted by molar-refractivity contribution is 0.0203. The summed E-state index contributed by atoms with van der Waals surface area (Å²) in [7, 11) is 0. The first-order valence-electron chi connectivity index (χ1n) is 10.7. The van der Waals surface area contributed by atoms with Crippen LogP contribution in [0, 0.1) is 12.8 Å². The topological polar surface area (TPSA) is 64.1 Å². The van der Waals surface area contributed by atoms with E-state index in [9.17, 15) is 0 Å². The molecule has 0 aliphatic carbocycles. The van der Waals surface area contributed by atoms with Gasteiger partial charge in [-0.25, -0.2) is 0 Å². The molecule has 0 unspecified atom stereocenters. The van der Waals surface area contributed by atoms with Crippen molar-refractivity contribution in [3.8, 4) is 5.75 Å². The van der Waals surface area contributed by atoms with Crippen molar-refractivity contribution < 1.29 is 14.2 Å². The molecule has 1 saturated heterocycles. The lowest BCUT2D eigenvalue weighted by Gasteiger charge is -2.21. The second kappa shape index (κ2) is 16.7. The van der Waals surface area contributed by atoms with Crippen LogP contribution in [0.1, 0.15) is 38.2 Å². The van der Waals surface area contributed by atoms with E-state index in [1.165, 1.54) is 5.56 Å². The van der Waals surface area contributed by atoms with Gasteiger partial charge >= 0.3 is 0 Å². The molecule has 2 rings (SSSR count). The van der Waals surface area contributed by atoms with Gasteiger partial charge in [0.25, 0.3) is 0 Å². The normalized spacial score (nSPS) is 14.9. The van der Waals surface area contributed by atoms with Gasteiger partial charge in [0.05, 0.1) is 6.61 Å². The Morgan fingerprint density at radius 1 is 1.14 bits per heavy atom. The van der Waals surface area contributed by atoms with Crippen molar-refractivity contribution in [2.75, 3.05) is 52.7 Å². The van der Waals surface area contributed by atoms with E-state index in [-0.39, 0.29) is 24.0 Å². The Morgan fingerprint density at radius 2 is 1.93 bits per heavy atom. The van der Waals surface area contributed by atoms with Crippen molar-refractivity contribution in [2.45, 2.75) is 39.5 Å². The fraction of sp³-hybridized carbons (Fsp3) is 0.682. The summed E-state index contributed by atoms with van der Waals surface area (Å²) in [4.78, 5) is 4.62. The molecule has 0 atom stereocenters. The van der Waals surface area contributed by atoms with E-state index in [1.54, 1.807) is 0 Å². The van der Waals surface area contributed by atoms with Crippen molar-refractivity contribution in [2.24, 2.45) is 10.9 Å². The van der Waals surface area contributed by atoms with Crippen LogP contribution >= 0.6 is 24.0 Å². The molecule has 1 aliphatic rings. The van der Waals surface area contributed by atoms with Gasteiger partial charge in [-0.1, -0.05) is 18.2 Å². The molecular weight excluding hydrogens is 481 g/mol. The highest BCUT2D eigenvalue weighted by atomic mass is 127. The first-order valence-corrected chi connectivity index (χ1v) is 10.7. The van der Waals surface area contributed by atoms with Crippen LogP contribution < -0.4 is 15.4 Å². The van der Waals surface area contributed by atoms with Gasteiger partial charge in [-0.15, -0.1) is 24.0 Å². The first-order chi connectivity index (χ1) is 13.8. The third kappa shape index (κ3) is 11.6. The number of ether oxygens (including phenoxy) is 3. The monoisotopic (exact) mass is 519 g/mol. The molecule has 166 valence electrons. The van der Waals surface area contributed by atoms with E-state index in [0.717, 1.165) is 83.5 Å². The zero-order chi connectivity index (χ0) is 19.9. The smallest absolute Gasteiger partial charge is 0.191 e. The molecule has 1 aliphatic heterocycles. The highest BCUT2D eigenvalue weighted by Gasteiger charge is 2.13. The van der Waals surface area contributed by atoms with Gasteiger partial charge in [0, 0.05) is 52.5 Å². The number of rotatable bonds is 12. The summed E-state index contributed by atoms with van der Waals surface area (Å²) in [5.41, 5.74) is 1.17. The molecule has 2 N–H and O–H groups in total. The molecule has 0 amide bonds. The third-order valence-corrected chi connectivity index (χ3v) is 4.72. The minimum absolute atomic E-state index is 0. The Kier molecular flexibility index (Phi) is 15.0. The molecule has 0 aromatic heterocycles. The van der Waals surface area contributed by atoms with Crippen LogP contribution in [0.3, 0.4) is 0 Å². The molecular formula is C22H38IN3O3. The van der Waals surface area contributed by atoms with Gasteiger partial charge < -0.3 is 24.8 Å². The number of benzene rings is 1. The fourth-order valence-electron chi connectivity index (χ4n) is 3.04. The molecule has 1 aromatic rings. The molecule has 0 spiro atoms. The minimum atomic E-state index is 0. The van der Waals surface area contributed by atoms with Crippen LogP contribution in [0.25, 0.3) is 0 Å². The van der Waals surface area contributed by atoms with Crippen LogP contribution in [0.15, 0.2) is 29.3 Å². The van der Waals surface area contributed by atoms with E-state index in [4.69, 9.17) is 14.2 Å². The fourth-order valence-corrected chi connectivity index (χ4v) is 3.04. The summed E-state index contributed by atoms with van der Waals surface area (Å²) < 4.78 is 17.0. The predicted octanol–water partition coefficient (Wildman–Crippen LogP) is 3.77. The Labute approximate surface area is 193 Å². The maximum atomic E-state index is 5.82. The molecule has 0 bridgehead atoms. The maximum absolute atomic E-state index is 5.82. The summed E-state index contributed by atoms with van der Waals surface area (Å²) in [6.07, 6.45) is 4.12. The first kappa shape index (κ1) is 26.0. The second-order valence-electron chi connectivity index (χ2n) is 7.14. The van der Waals surface area contributed by atoms with Gasteiger partial charge in [-0.05, 0) is 50.7 Å². The quantitative estimate of drug-likeness (QED) is 0.191. The van der Waals surface area contributed by atoms with Gasteiger partial charge in [0.15, 0.2) is 5.96 Å². The molecule has 0 saturated carbocycles. The van der Waals surface area contributed by atoms with Gasteiger partial charge in [-0.3, -0.25) is 4.99 Å². The van der Waals surface area contributed by atoms with Crippen molar-refractivity contribution in [3.05, 3.63) is 29.8 Å². The molecule has 1 fully saturated rings. The number of guanidine groups is 1. The highest BCUT2D eigenvalue weighted by Crippen LogP contribution is 2.16. The Balaban J connectivity index is 0.00000420. The van der Waals surface area contributed by atoms with Gasteiger partial charge in [0.1, 0.15) is 5.75 Å². The van der Waals surface area contributed by atoms with Crippen LogP contribution in [0.2, 0.25) is 0 Å². The van der Waals surface area contributed by atoms with E-state index in [0.29, 0.717) is 12.5 Å². The molecule has 1 aromatic carbocycles. The lowest BCUT2D eigenvalue weighted by Crippen LogP contribution is -2.38. The maximum Gasteiger partial charge on any atom is 0.191 e. The molecule has 0 radical (unpaired) electrons. The van der Waals surface area contributed by atoms with Crippen molar-refractivity contribution in [1.82, 2.24) is 10.6 Å². The number of aryl methyl sites for hydroxylation is 1. The van der Waals surface area contributed by atoms with Crippen LogP contribution in [-0.4, -0.2) is 58.6 Å². The predicted molar refractivity (Wildman–Crippen MR) is 130 cm³/mol. The largest absolute Gasteiger partial charge is 0.493 e. The number of para-hydroxylation sites is 1. The SMILES string of the molecule is CCNC(=NCCCOc1ccccc1C)NCCCOCC1CCOCC1.I. The molecule has 7 heteroatoms. The zero-order valence-electron chi connectivity index (χ0n) is 18.0. The number of nitrogens with one attached hydrogen (secondary N) is 2. The Bertz CT molecular complexity index is 566. The molecule has 1 heterocycles. The van der Waals surface area contributed by atoms with Crippen LogP contribution in [-0.2, 0) is 9.47 Å². The van der Waals surface area contributed by atoms with E-state index in [2.05, 4.69) is 35.5 Å². The van der Waals surface area contributed by atoms with E-state index < -0.39 is 0 Å². The highest BCUT2D eigenvalue weighted by molar-refractivity contribution is 14.0. The van der Waals surface area contributed by atoms with Crippen LogP contribution in [0.4, 0.5) is 0 Å². The summed E-state index contributed by atoms with van der Waals surface area (Å²) in [5.74, 6) is 2.49. The lowest BCUT2D eigenvalue weighted by atomic mass is 10.0. The average Bonchev–Trinajstić information content (AvgIpc) is 2.72. The van der Waals surface area contributed by atoms with Gasteiger partial charge in [0.2, 0.25) is 0 Å². The van der Waals surface area contributed by atoms with Gasteiger partial charge in [-0.2, -0.15) is 0 Å².